The van der Waals surface area contributed by atoms with E-state index in [1.54, 1.807) is 91.8 Å². The van der Waals surface area contributed by atoms with Crippen molar-refractivity contribution < 1.29 is 67.8 Å². The molecule has 6 amide bonds. The Kier molecular flexibility index (Phi) is 59.4. The highest BCUT2D eigenvalue weighted by Gasteiger charge is 2.29. The molecule has 4 aromatic heterocycles. The summed E-state index contributed by atoms with van der Waals surface area (Å²) in [6.45, 7) is 39.9. The summed E-state index contributed by atoms with van der Waals surface area (Å²) in [5, 5.41) is 17.3. The number of amides is 6. The first-order valence-electron chi connectivity index (χ1n) is 42.4. The summed E-state index contributed by atoms with van der Waals surface area (Å²) in [5.41, 5.74) is 5.56. The second kappa shape index (κ2) is 63.7. The van der Waals surface area contributed by atoms with Gasteiger partial charge in [-0.25, -0.2) is 18.0 Å². The first-order valence-corrected chi connectivity index (χ1v) is 68.1. The molecule has 0 radical (unpaired) electrons. The number of benzene rings is 2. The second-order valence-corrected chi connectivity index (χ2v) is 71.0. The topological polar surface area (TPSA) is 320 Å². The largest absolute Gasteiger partial charge is 0.420 e. The summed E-state index contributed by atoms with van der Waals surface area (Å²) in [6, 6.07) is 47.6. The molecule has 682 valence electrons. The zero-order valence-electron chi connectivity index (χ0n) is 77.3. The van der Waals surface area contributed by atoms with E-state index in [4.69, 9.17) is 36.0 Å². The Labute approximate surface area is 738 Å². The van der Waals surface area contributed by atoms with Crippen LogP contribution in [0, 0.1) is 0 Å². The molecule has 7 rings (SSSR count). The maximum absolute atomic E-state index is 11.9. The number of pyridine rings is 4. The number of urea groups is 2. The zero-order valence-corrected chi connectivity index (χ0v) is 86.0. The summed E-state index contributed by atoms with van der Waals surface area (Å²) in [7, 11) is -3.32. The van der Waals surface area contributed by atoms with Gasteiger partial charge < -0.3 is 67.9 Å². The van der Waals surface area contributed by atoms with E-state index >= 15 is 0 Å². The van der Waals surface area contributed by atoms with Crippen molar-refractivity contribution in [3.63, 3.8) is 0 Å². The first kappa shape index (κ1) is 113. The van der Waals surface area contributed by atoms with Crippen LogP contribution in [0.2, 0.25) is 141 Å². The molecular formula is C87H154N10O15S2Si7. The van der Waals surface area contributed by atoms with E-state index in [0.29, 0.717) is 49.9 Å². The lowest BCUT2D eigenvalue weighted by atomic mass is 10.1. The van der Waals surface area contributed by atoms with E-state index in [2.05, 4.69) is 150 Å². The third-order valence-electron chi connectivity index (χ3n) is 19.3. The minimum atomic E-state index is -3.06. The molecule has 6 N–H and O–H groups in total. The molecule has 25 nitrogen and oxygen atoms in total. The quantitative estimate of drug-likeness (QED) is 0.0117. The number of nitrogens with one attached hydrogen (secondary N) is 6. The van der Waals surface area contributed by atoms with Crippen molar-refractivity contribution in [3.8, 4) is 0 Å². The first-order chi connectivity index (χ1) is 57.1. The molecule has 0 spiro atoms. The van der Waals surface area contributed by atoms with E-state index in [0.717, 1.165) is 149 Å². The monoisotopic (exact) mass is 1840 g/mol. The third-order valence-corrected chi connectivity index (χ3v) is 39.7. The summed E-state index contributed by atoms with van der Waals surface area (Å²) in [6.07, 6.45) is 16.5. The Morgan fingerprint density at radius 2 is 0.810 bits per heavy atom. The van der Waals surface area contributed by atoms with Crippen molar-refractivity contribution in [2.75, 3.05) is 100 Å². The SMILES string of the molecule is CO[Si](C)(C)CCCNC(=O)Cc1ccccc1.CO[Si](C)(C)CCCNC(=O)Cc1ccncc1.CO[Si](C)(C)CCCS(=O)(=O)Cc1ccccn1.CO[Si](C)(C)CCCS(=O)Cc1ccccn1.CO[Si](C)(CCCOCC1CO1)OC.C[Si](C)(C)CCCNC(=O)NCc1ccccc1.C[Si](C)(C)CCCNC(=O)NCc1ccccn1. The Bertz CT molecular complexity index is 3650. The smallest absolute Gasteiger partial charge is 0.334 e. The summed E-state index contributed by atoms with van der Waals surface area (Å²) < 4.78 is 78.6. The standard InChI is InChI=1S/C14H24N2OSi.C14H23NO2Si.C13H23N3OSi.C13H22N2O2Si.C12H21NO3SSi.C12H21NO2SSi.C9H20O4Si/c1-18(2,3)11-7-10-15-14(17)16-12-13-8-5-4-6-9-13;1-17-18(2,3)11-7-10-15-14(16)12-13-8-5-4-6-9-13;1-18(2,3)10-6-9-15-13(17)16-11-12-7-4-5-8-14-12;1-17-18(2,3)10-4-7-15-13(16)11-12-5-8-14-9-6-12;1-16-18(2,3)10-6-9-17(14,15)11-12-7-4-5-8-13-12;1-15-17(2,3)10-6-9-16(14)11-12-7-4-5-8-13-12;1-10-14(3,11-2)6-4-5-12-7-9-8-13-9/h4-6,8-9H,7,10-12H2,1-3H3,(H2,15,16,17);4-6,8-9H,7,10-12H2,1-3H3,(H,15,16);4-5,7-8H,6,9-11H2,1-3H3,(H2,15,16,17);5-6,8-9H,4,7,10-11H2,1-3H3,(H,15,16);4-5,7-8H,6,9-11H2,1-3H3;4-5,7-8H,6,9-11H2,1-3H3;9H,4-8H2,1-3H3. The average Bonchev–Trinajstić information content (AvgIpc) is 1.41. The van der Waals surface area contributed by atoms with E-state index in [1.807, 2.05) is 109 Å². The van der Waals surface area contributed by atoms with E-state index in [-0.39, 0.29) is 35.4 Å². The van der Waals surface area contributed by atoms with E-state index in [1.165, 1.54) is 12.1 Å². The Morgan fingerprint density at radius 1 is 0.421 bits per heavy atom. The molecule has 121 heavy (non-hydrogen) atoms. The van der Waals surface area contributed by atoms with Gasteiger partial charge in [0.05, 0.1) is 66.9 Å². The molecule has 0 saturated carbocycles. The number of carbonyl (C=O) groups excluding carboxylic acids is 4. The molecule has 1 saturated heterocycles. The highest BCUT2D eigenvalue weighted by atomic mass is 32.2. The Hall–Kier alpha value is -6.18. The van der Waals surface area contributed by atoms with Gasteiger partial charge in [0.1, 0.15) is 6.10 Å². The minimum Gasteiger partial charge on any atom is -0.420 e. The molecule has 2 atom stereocenters. The molecule has 1 aliphatic heterocycles. The Morgan fingerprint density at radius 3 is 1.23 bits per heavy atom. The molecule has 34 heteroatoms. The molecular weight excluding hydrogens is 1690 g/mol. The molecule has 1 aliphatic rings. The van der Waals surface area contributed by atoms with Crippen LogP contribution in [0.3, 0.4) is 0 Å². The predicted octanol–water partition coefficient (Wildman–Crippen LogP) is 16.4. The number of ether oxygens (including phenoxy) is 2. The van der Waals surface area contributed by atoms with E-state index < -0.39 is 78.6 Å². The lowest BCUT2D eigenvalue weighted by molar-refractivity contribution is -0.121. The van der Waals surface area contributed by atoms with Crippen molar-refractivity contribution >= 4 is 102 Å². The van der Waals surface area contributed by atoms with Crippen LogP contribution in [-0.4, -0.2) is 221 Å². The molecule has 5 heterocycles. The van der Waals surface area contributed by atoms with Gasteiger partial charge in [0, 0.05) is 146 Å². The van der Waals surface area contributed by atoms with Crippen LogP contribution >= 0.6 is 0 Å². The van der Waals surface area contributed by atoms with Gasteiger partial charge in [0.15, 0.2) is 43.1 Å². The Balaban J connectivity index is 0.000000707. The summed E-state index contributed by atoms with van der Waals surface area (Å²) in [4.78, 5) is 62.7. The van der Waals surface area contributed by atoms with Gasteiger partial charge in [0.2, 0.25) is 11.8 Å². The minimum absolute atomic E-state index is 0.0306. The average molecular weight is 1840 g/mol. The summed E-state index contributed by atoms with van der Waals surface area (Å²) >= 11 is 0. The van der Waals surface area contributed by atoms with Gasteiger partial charge in [-0.05, 0) is 199 Å². The van der Waals surface area contributed by atoms with Gasteiger partial charge >= 0.3 is 20.6 Å². The molecule has 6 aromatic rings. The fourth-order valence-electron chi connectivity index (χ4n) is 10.7. The van der Waals surface area contributed by atoms with Crippen molar-refractivity contribution in [2.24, 2.45) is 0 Å². The van der Waals surface area contributed by atoms with Crippen LogP contribution in [0.25, 0.3) is 0 Å². The maximum atomic E-state index is 11.9. The lowest BCUT2D eigenvalue weighted by Gasteiger charge is -2.22. The van der Waals surface area contributed by atoms with Crippen LogP contribution in [0.1, 0.15) is 78.7 Å². The zero-order chi connectivity index (χ0) is 90.5. The van der Waals surface area contributed by atoms with Crippen molar-refractivity contribution in [1.29, 1.82) is 0 Å². The number of hydrogen-bond acceptors (Lipinski definition) is 19. The number of aromatic nitrogens is 4. The number of sulfone groups is 1. The number of epoxide rings is 1. The fourth-order valence-corrected chi connectivity index (χ4v) is 22.5. The second-order valence-electron chi connectivity index (χ2n) is 34.7. The van der Waals surface area contributed by atoms with Crippen molar-refractivity contribution in [3.05, 3.63) is 192 Å². The highest BCUT2D eigenvalue weighted by Crippen LogP contribution is 2.19. The lowest BCUT2D eigenvalue weighted by Crippen LogP contribution is -2.36. The van der Waals surface area contributed by atoms with Gasteiger partial charge in [-0.1, -0.05) is 130 Å². The van der Waals surface area contributed by atoms with Crippen LogP contribution in [-0.2, 0) is 104 Å². The van der Waals surface area contributed by atoms with Gasteiger partial charge in [0.25, 0.3) is 0 Å². The van der Waals surface area contributed by atoms with E-state index in [9.17, 15) is 31.8 Å². The number of rotatable bonds is 48. The predicted molar refractivity (Wildman–Crippen MR) is 515 cm³/mol. The van der Waals surface area contributed by atoms with Gasteiger partial charge in [-0.2, -0.15) is 0 Å². The fraction of sp³-hybridized carbons (Fsp3) is 0.586. The summed E-state index contributed by atoms with van der Waals surface area (Å²) in [5.74, 6) is 1.72. The van der Waals surface area contributed by atoms with Crippen molar-refractivity contribution in [1.82, 2.24) is 51.8 Å². The number of nitrogens with zero attached hydrogens (tertiary/aromatic N) is 4. The van der Waals surface area contributed by atoms with Crippen LogP contribution < -0.4 is 31.9 Å². The molecule has 0 aliphatic carbocycles. The molecule has 2 unspecified atom stereocenters. The maximum Gasteiger partial charge on any atom is 0.334 e. The van der Waals surface area contributed by atoms with Crippen LogP contribution in [0.15, 0.2) is 158 Å². The van der Waals surface area contributed by atoms with Crippen LogP contribution in [0.4, 0.5) is 9.59 Å². The van der Waals surface area contributed by atoms with Crippen molar-refractivity contribution in [2.45, 2.75) is 229 Å². The van der Waals surface area contributed by atoms with Gasteiger partial charge in [-0.15, -0.1) is 0 Å². The molecule has 2 aromatic carbocycles. The normalized spacial score (nSPS) is 12.9. The van der Waals surface area contributed by atoms with Gasteiger partial charge in [-0.3, -0.25) is 33.7 Å². The highest BCUT2D eigenvalue weighted by molar-refractivity contribution is 7.90. The van der Waals surface area contributed by atoms with Crippen LogP contribution in [0.5, 0.6) is 0 Å². The molecule has 1 fully saturated rings. The number of hydrogen-bond donors (Lipinski definition) is 6. The molecule has 0 bridgehead atoms. The third kappa shape index (κ3) is 66.9. The number of carbonyl (C=O) groups is 4.